The normalized spacial score (nSPS) is 10.7. The first-order valence-electron chi connectivity index (χ1n) is 6.70. The number of hydrogen-bond acceptors (Lipinski definition) is 4. The molecular formula is C16H19NO4. The quantitative estimate of drug-likeness (QED) is 0.654. The number of benzene rings is 1. The predicted molar refractivity (Wildman–Crippen MR) is 81.1 cm³/mol. The first kappa shape index (κ1) is 15.0. The summed E-state index contributed by atoms with van der Waals surface area (Å²) in [6, 6.07) is 5.34. The molecule has 0 atom stereocenters. The predicted octanol–water partition coefficient (Wildman–Crippen LogP) is 3.31. The van der Waals surface area contributed by atoms with Gasteiger partial charge in [-0.1, -0.05) is 12.7 Å². The maximum atomic E-state index is 11.6. The van der Waals surface area contributed by atoms with Crippen molar-refractivity contribution in [3.05, 3.63) is 36.5 Å². The fourth-order valence-electron chi connectivity index (χ4n) is 1.99. The van der Waals surface area contributed by atoms with Crippen LogP contribution in [0.15, 0.2) is 30.9 Å². The van der Waals surface area contributed by atoms with Crippen LogP contribution >= 0.6 is 0 Å². The summed E-state index contributed by atoms with van der Waals surface area (Å²) in [5.74, 6) is 0.888. The van der Waals surface area contributed by atoms with Gasteiger partial charge >= 0.3 is 5.97 Å². The van der Waals surface area contributed by atoms with E-state index >= 15 is 0 Å². The summed E-state index contributed by atoms with van der Waals surface area (Å²) in [6.45, 7) is 7.90. The average Bonchev–Trinajstić information content (AvgIpc) is 2.88. The van der Waals surface area contributed by atoms with Gasteiger partial charge in [0.15, 0.2) is 0 Å². The number of fused-ring (bicyclic) bond motifs is 1. The third-order valence-corrected chi connectivity index (χ3v) is 2.81. The molecule has 2 aromatic rings. The Kier molecular flexibility index (Phi) is 4.52. The highest BCUT2D eigenvalue weighted by Crippen LogP contribution is 2.32. The van der Waals surface area contributed by atoms with E-state index in [1.165, 1.54) is 7.11 Å². The fraction of sp³-hybridized carbons (Fsp3) is 0.312. The third-order valence-electron chi connectivity index (χ3n) is 2.81. The molecule has 2 rings (SSSR count). The molecular weight excluding hydrogens is 270 g/mol. The van der Waals surface area contributed by atoms with Crippen molar-refractivity contribution in [1.29, 1.82) is 0 Å². The minimum atomic E-state index is -0.421. The van der Waals surface area contributed by atoms with Crippen LogP contribution in [-0.2, 0) is 4.74 Å². The van der Waals surface area contributed by atoms with Gasteiger partial charge in [0.2, 0.25) is 0 Å². The lowest BCUT2D eigenvalue weighted by atomic mass is 10.2. The number of aromatic amines is 1. The molecule has 5 nitrogen and oxygen atoms in total. The van der Waals surface area contributed by atoms with E-state index < -0.39 is 5.97 Å². The second kappa shape index (κ2) is 6.35. The van der Waals surface area contributed by atoms with Gasteiger partial charge in [-0.3, -0.25) is 0 Å². The Hall–Kier alpha value is -2.43. The van der Waals surface area contributed by atoms with Crippen molar-refractivity contribution in [2.75, 3.05) is 13.7 Å². The van der Waals surface area contributed by atoms with E-state index in [-0.39, 0.29) is 6.10 Å². The largest absolute Gasteiger partial charge is 0.490 e. The summed E-state index contributed by atoms with van der Waals surface area (Å²) in [7, 11) is 1.35. The first-order valence-corrected chi connectivity index (χ1v) is 6.70. The lowest BCUT2D eigenvalue weighted by Crippen LogP contribution is -2.06. The Morgan fingerprint density at radius 1 is 1.38 bits per heavy atom. The molecule has 1 heterocycles. The van der Waals surface area contributed by atoms with Crippen LogP contribution in [0.5, 0.6) is 11.5 Å². The number of H-pyrrole nitrogens is 1. The Morgan fingerprint density at radius 3 is 2.76 bits per heavy atom. The highest BCUT2D eigenvalue weighted by Gasteiger charge is 2.15. The molecule has 0 fully saturated rings. The van der Waals surface area contributed by atoms with Gasteiger partial charge in [0.05, 0.1) is 18.7 Å². The summed E-state index contributed by atoms with van der Waals surface area (Å²) in [5, 5.41) is 0.815. The molecule has 0 amide bonds. The number of carbonyl (C=O) groups excluding carboxylic acids is 1. The van der Waals surface area contributed by atoms with Gasteiger partial charge in [-0.05, 0) is 19.9 Å². The number of rotatable bonds is 6. The number of carbonyl (C=O) groups is 1. The van der Waals surface area contributed by atoms with Gasteiger partial charge in [-0.2, -0.15) is 0 Å². The Labute approximate surface area is 123 Å². The van der Waals surface area contributed by atoms with E-state index in [0.717, 1.165) is 10.9 Å². The van der Waals surface area contributed by atoms with Crippen LogP contribution < -0.4 is 9.47 Å². The monoisotopic (exact) mass is 289 g/mol. The third kappa shape index (κ3) is 3.37. The smallest absolute Gasteiger partial charge is 0.354 e. The van der Waals surface area contributed by atoms with Crippen LogP contribution in [0.25, 0.3) is 10.9 Å². The summed E-state index contributed by atoms with van der Waals surface area (Å²) in [4.78, 5) is 14.7. The number of ether oxygens (including phenoxy) is 3. The van der Waals surface area contributed by atoms with Crippen molar-refractivity contribution in [3.63, 3.8) is 0 Å². The maximum absolute atomic E-state index is 11.6. The van der Waals surface area contributed by atoms with Gasteiger partial charge < -0.3 is 19.2 Å². The summed E-state index contributed by atoms with van der Waals surface area (Å²) >= 11 is 0. The van der Waals surface area contributed by atoms with Crippen LogP contribution in [0.1, 0.15) is 24.3 Å². The molecule has 0 saturated carbocycles. The van der Waals surface area contributed by atoms with E-state index in [4.69, 9.17) is 14.2 Å². The van der Waals surface area contributed by atoms with Gasteiger partial charge in [0.25, 0.3) is 0 Å². The fourth-order valence-corrected chi connectivity index (χ4v) is 1.99. The maximum Gasteiger partial charge on any atom is 0.354 e. The van der Waals surface area contributed by atoms with Gasteiger partial charge in [-0.15, -0.1) is 0 Å². The molecule has 21 heavy (non-hydrogen) atoms. The standard InChI is InChI=1S/C16H19NO4/c1-5-6-20-11-7-13-12(15(8-11)21-10(2)3)9-14(17-13)16(18)19-4/h5,7-10,17H,1,6H2,2-4H3. The highest BCUT2D eigenvalue weighted by atomic mass is 16.5. The SMILES string of the molecule is C=CCOc1cc(OC(C)C)c2cc(C(=O)OC)[nH]c2c1. The molecule has 1 N–H and O–H groups in total. The minimum absolute atomic E-state index is 0.0133. The van der Waals surface area contributed by atoms with Crippen molar-refractivity contribution < 1.29 is 19.0 Å². The lowest BCUT2D eigenvalue weighted by Gasteiger charge is -2.12. The minimum Gasteiger partial charge on any atom is -0.490 e. The van der Waals surface area contributed by atoms with Crippen molar-refractivity contribution in [2.45, 2.75) is 20.0 Å². The number of aromatic nitrogens is 1. The van der Waals surface area contributed by atoms with Gasteiger partial charge in [0, 0.05) is 17.5 Å². The highest BCUT2D eigenvalue weighted by molar-refractivity contribution is 5.97. The second-order valence-electron chi connectivity index (χ2n) is 4.82. The molecule has 0 unspecified atom stereocenters. The number of hydrogen-bond donors (Lipinski definition) is 1. The number of methoxy groups -OCH3 is 1. The number of nitrogens with one attached hydrogen (secondary N) is 1. The Balaban J connectivity index is 2.50. The summed E-state index contributed by atoms with van der Waals surface area (Å²) in [5.41, 5.74) is 1.13. The zero-order chi connectivity index (χ0) is 15.4. The van der Waals surface area contributed by atoms with Crippen LogP contribution in [0.3, 0.4) is 0 Å². The average molecular weight is 289 g/mol. The van der Waals surface area contributed by atoms with E-state index in [0.29, 0.717) is 23.8 Å². The molecule has 0 bridgehead atoms. The zero-order valence-electron chi connectivity index (χ0n) is 12.4. The number of esters is 1. The molecule has 0 aliphatic heterocycles. The van der Waals surface area contributed by atoms with E-state index in [2.05, 4.69) is 11.6 Å². The molecule has 0 aliphatic rings. The van der Waals surface area contributed by atoms with E-state index in [1.54, 1.807) is 18.2 Å². The Morgan fingerprint density at radius 2 is 2.14 bits per heavy atom. The molecule has 0 aliphatic carbocycles. The lowest BCUT2D eigenvalue weighted by molar-refractivity contribution is 0.0595. The second-order valence-corrected chi connectivity index (χ2v) is 4.82. The van der Waals surface area contributed by atoms with Crippen LogP contribution in [0.4, 0.5) is 0 Å². The Bertz CT molecular complexity index is 658. The zero-order valence-corrected chi connectivity index (χ0v) is 12.4. The van der Waals surface area contributed by atoms with Gasteiger partial charge in [0.1, 0.15) is 23.8 Å². The topological polar surface area (TPSA) is 60.6 Å². The molecule has 0 radical (unpaired) electrons. The van der Waals surface area contributed by atoms with Crippen LogP contribution in [0.2, 0.25) is 0 Å². The molecule has 0 spiro atoms. The van der Waals surface area contributed by atoms with Crippen molar-refractivity contribution in [2.24, 2.45) is 0 Å². The first-order chi connectivity index (χ1) is 10.0. The molecule has 112 valence electrons. The molecule has 1 aromatic carbocycles. The van der Waals surface area contributed by atoms with Gasteiger partial charge in [-0.25, -0.2) is 4.79 Å². The van der Waals surface area contributed by atoms with Crippen LogP contribution in [-0.4, -0.2) is 30.8 Å². The van der Waals surface area contributed by atoms with E-state index in [9.17, 15) is 4.79 Å². The van der Waals surface area contributed by atoms with E-state index in [1.807, 2.05) is 19.9 Å². The summed E-state index contributed by atoms with van der Waals surface area (Å²) < 4.78 is 16.1. The van der Waals surface area contributed by atoms with Crippen molar-refractivity contribution in [1.82, 2.24) is 4.98 Å². The molecule has 1 aromatic heterocycles. The van der Waals surface area contributed by atoms with Crippen LogP contribution in [0, 0.1) is 0 Å². The van der Waals surface area contributed by atoms with Crippen molar-refractivity contribution in [3.8, 4) is 11.5 Å². The summed E-state index contributed by atoms with van der Waals surface area (Å²) in [6.07, 6.45) is 1.68. The van der Waals surface area contributed by atoms with Crippen molar-refractivity contribution >= 4 is 16.9 Å². The molecule has 0 saturated heterocycles. The molecule has 5 heteroatoms.